The average Bonchev–Trinajstić information content (AvgIpc) is 3.32. The Bertz CT molecular complexity index is 3750. The normalized spacial score (nSPS) is 18.3. The van der Waals surface area contributed by atoms with Gasteiger partial charge in [-0.2, -0.15) is 0 Å². The smallest absolute Gasteiger partial charge is 0.405 e. The molecule has 8 aromatic carbocycles. The van der Waals surface area contributed by atoms with Crippen LogP contribution in [0.15, 0.2) is 199 Å². The van der Waals surface area contributed by atoms with E-state index in [4.69, 9.17) is 29.3 Å². The first-order valence-corrected chi connectivity index (χ1v) is 28.2. The van der Waals surface area contributed by atoms with Gasteiger partial charge in [0.05, 0.1) is 64.2 Å². The van der Waals surface area contributed by atoms with Gasteiger partial charge in [0.1, 0.15) is 0 Å². The van der Waals surface area contributed by atoms with E-state index in [0.717, 1.165) is 15.6 Å². The van der Waals surface area contributed by atoms with Gasteiger partial charge in [-0.3, -0.25) is 4.39 Å². The van der Waals surface area contributed by atoms with Crippen LogP contribution in [0.1, 0.15) is 84.5 Å². The van der Waals surface area contributed by atoms with Gasteiger partial charge in [-0.1, -0.05) is 149 Å². The van der Waals surface area contributed by atoms with Crippen molar-refractivity contribution in [1.82, 2.24) is 9.13 Å². The van der Waals surface area contributed by atoms with Crippen molar-refractivity contribution >= 4 is 86.1 Å². The van der Waals surface area contributed by atoms with Crippen LogP contribution in [0, 0.1) is 0 Å². The number of aromatic nitrogens is 2. The minimum atomic E-state index is -1.00. The van der Waals surface area contributed by atoms with E-state index in [-0.39, 0.29) is 40.7 Å². The standard InChI is InChI=1S/C30H28BNO2.C24H16BrN.C12H24B2O4.CH3F/c1-29(2)30(3,4)34-31(33-29)23-16-19-28-26(20-23)25-12-8-9-13-27(25)32(28)24-17-14-22(15-18-24)21-10-6-5-7-11-21;25-19-12-15-24-22(16-19)21-8-4-5-9-23(21)26(24)20-13-10-18(11-14-20)17-6-2-1-3-7-17;1-9(2)10(3,4)16-13(15-9)14-17-11(5,6)12(7,8)18-14;1-2/h5-20H,1-4H3;1-16H;1-8H3;1H3/i;;;1D. The molecule has 0 amide bonds. The zero-order valence-electron chi connectivity index (χ0n) is 49.0. The van der Waals surface area contributed by atoms with Crippen molar-refractivity contribution in [3.05, 3.63) is 199 Å². The highest BCUT2D eigenvalue weighted by atomic mass is 79.9. The number of nitrogens with zero attached hydrogens (tertiary/aromatic N) is 2. The molecule has 0 spiro atoms. The van der Waals surface area contributed by atoms with Crippen molar-refractivity contribution in [2.24, 2.45) is 0 Å². The number of hydrogen-bond donors (Lipinski definition) is 0. The second-order valence-electron chi connectivity index (χ2n) is 23.8. The third kappa shape index (κ3) is 10.7. The van der Waals surface area contributed by atoms with Crippen LogP contribution in [-0.2, 0) is 27.9 Å². The number of alkyl halides is 1. The van der Waals surface area contributed by atoms with Crippen LogP contribution in [-0.4, -0.2) is 71.0 Å². The Morgan fingerprint density at radius 3 is 1.07 bits per heavy atom. The van der Waals surface area contributed by atoms with Gasteiger partial charge in [0, 0.05) is 37.4 Å². The topological polar surface area (TPSA) is 65.2 Å². The van der Waals surface area contributed by atoms with Gasteiger partial charge >= 0.3 is 21.1 Å². The Hall–Kier alpha value is -6.28. The molecule has 80 heavy (non-hydrogen) atoms. The van der Waals surface area contributed by atoms with Gasteiger partial charge < -0.3 is 37.1 Å². The predicted molar refractivity (Wildman–Crippen MR) is 335 cm³/mol. The van der Waals surface area contributed by atoms with Crippen LogP contribution in [0.2, 0.25) is 0 Å². The molecule has 8 nitrogen and oxygen atoms in total. The fourth-order valence-corrected chi connectivity index (χ4v) is 10.8. The lowest BCUT2D eigenvalue weighted by Gasteiger charge is -2.32. The van der Waals surface area contributed by atoms with Gasteiger partial charge in [0.15, 0.2) is 0 Å². The van der Waals surface area contributed by atoms with E-state index in [0.29, 0.717) is 0 Å². The summed E-state index contributed by atoms with van der Waals surface area (Å²) >= 11 is 3.61. The van der Waals surface area contributed by atoms with Gasteiger partial charge in [0.25, 0.3) is 0 Å². The zero-order chi connectivity index (χ0) is 57.7. The first-order valence-electron chi connectivity index (χ1n) is 28.1. The monoisotopic (exact) mass is 1130 g/mol. The van der Waals surface area contributed by atoms with E-state index in [2.05, 4.69) is 235 Å². The average molecular weight is 1130 g/mol. The van der Waals surface area contributed by atoms with E-state index < -0.39 is 21.2 Å². The molecule has 3 fully saturated rings. The molecule has 408 valence electrons. The fraction of sp³-hybridized carbons (Fsp3) is 0.284. The molecule has 13 heteroatoms. The molecule has 3 saturated heterocycles. The van der Waals surface area contributed by atoms with E-state index in [9.17, 15) is 4.39 Å². The Kier molecular flexibility index (Phi) is 15.2. The summed E-state index contributed by atoms with van der Waals surface area (Å²) in [6, 6.07) is 68.8. The molecule has 0 saturated carbocycles. The largest absolute Gasteiger partial charge is 0.494 e. The maximum Gasteiger partial charge on any atom is 0.494 e. The molecule has 2 aromatic heterocycles. The van der Waals surface area contributed by atoms with Crippen LogP contribution in [0.5, 0.6) is 0 Å². The third-order valence-corrected chi connectivity index (χ3v) is 17.6. The van der Waals surface area contributed by atoms with Crippen molar-refractivity contribution in [3.8, 4) is 33.6 Å². The summed E-state index contributed by atoms with van der Waals surface area (Å²) in [4.78, 5) is 0. The first-order chi connectivity index (χ1) is 38.4. The lowest BCUT2D eigenvalue weighted by Crippen LogP contribution is -2.41. The highest BCUT2D eigenvalue weighted by molar-refractivity contribution is 9.10. The summed E-state index contributed by atoms with van der Waals surface area (Å²) in [5.41, 5.74) is 11.0. The Morgan fingerprint density at radius 2 is 0.675 bits per heavy atom. The second kappa shape index (κ2) is 21.9. The Balaban J connectivity index is 0.000000139. The number of halogens is 2. The zero-order valence-corrected chi connectivity index (χ0v) is 49.6. The molecule has 0 N–H and O–H groups in total. The summed E-state index contributed by atoms with van der Waals surface area (Å²) in [7, 11) is -2.33. The Labute approximate surface area is 482 Å². The fourth-order valence-electron chi connectivity index (χ4n) is 10.5. The minimum Gasteiger partial charge on any atom is -0.405 e. The number of rotatable bonds is 6. The van der Waals surface area contributed by atoms with Crippen molar-refractivity contribution in [2.45, 2.75) is 117 Å². The van der Waals surface area contributed by atoms with Crippen LogP contribution in [0.25, 0.3) is 77.2 Å². The highest BCUT2D eigenvalue weighted by Gasteiger charge is 2.63. The number of hydrogen-bond acceptors (Lipinski definition) is 6. The lowest BCUT2D eigenvalue weighted by atomic mass is 9.49. The first kappa shape index (κ1) is 55.6. The van der Waals surface area contributed by atoms with Gasteiger partial charge in [-0.15, -0.1) is 0 Å². The summed E-state index contributed by atoms with van der Waals surface area (Å²) in [6.07, 6.45) is 0. The molecule has 3 aliphatic rings. The van der Waals surface area contributed by atoms with E-state index in [1.165, 1.54) is 71.6 Å². The molecule has 5 heterocycles. The summed E-state index contributed by atoms with van der Waals surface area (Å²) in [6.45, 7) is 24.6. The van der Waals surface area contributed by atoms with Crippen LogP contribution >= 0.6 is 15.9 Å². The maximum absolute atomic E-state index is 9.96. The molecule has 3 aliphatic heterocycles. The molecule has 0 bridgehead atoms. The van der Waals surface area contributed by atoms with Gasteiger partial charge in [-0.05, 0) is 171 Å². The molecular formula is C67H71B3BrFN2O6. The second-order valence-corrected chi connectivity index (χ2v) is 24.7. The number of fused-ring (bicyclic) bond motifs is 6. The molecular weight excluding hydrogens is 1060 g/mol. The van der Waals surface area contributed by atoms with Crippen molar-refractivity contribution in [1.29, 1.82) is 0 Å². The summed E-state index contributed by atoms with van der Waals surface area (Å²) in [5, 5.41) is 4.97. The Morgan fingerprint density at radius 1 is 0.362 bits per heavy atom. The molecule has 0 atom stereocenters. The quantitative estimate of drug-likeness (QED) is 0.155. The molecule has 13 rings (SSSR count). The van der Waals surface area contributed by atoms with Crippen molar-refractivity contribution in [2.75, 3.05) is 7.15 Å². The van der Waals surface area contributed by atoms with Crippen LogP contribution in [0.4, 0.5) is 4.39 Å². The molecule has 0 radical (unpaired) electrons. The minimum absolute atomic E-state index is 0.360. The van der Waals surface area contributed by atoms with Gasteiger partial charge in [-0.25, -0.2) is 0 Å². The number of benzene rings is 8. The van der Waals surface area contributed by atoms with E-state index in [1.807, 2.05) is 67.5 Å². The highest BCUT2D eigenvalue weighted by Crippen LogP contribution is 2.44. The molecule has 0 unspecified atom stereocenters. The van der Waals surface area contributed by atoms with Crippen molar-refractivity contribution in [3.63, 3.8) is 0 Å². The summed E-state index contributed by atoms with van der Waals surface area (Å²) in [5.74, 6) is 0. The third-order valence-electron chi connectivity index (χ3n) is 17.1. The molecule has 0 aliphatic carbocycles. The maximum atomic E-state index is 9.96. The van der Waals surface area contributed by atoms with Crippen LogP contribution in [0.3, 0.4) is 0 Å². The van der Waals surface area contributed by atoms with Crippen molar-refractivity contribution < 1.29 is 33.7 Å². The van der Waals surface area contributed by atoms with Crippen LogP contribution < -0.4 is 5.46 Å². The predicted octanol–water partition coefficient (Wildman–Crippen LogP) is 16.8. The lowest BCUT2D eigenvalue weighted by molar-refractivity contribution is 0.00578. The van der Waals surface area contributed by atoms with Gasteiger partial charge in [0.2, 0.25) is 0 Å². The number of para-hydroxylation sites is 2. The van der Waals surface area contributed by atoms with E-state index >= 15 is 0 Å². The SMILES string of the molecule is Brc1ccc2c(c1)c1ccccc1n2-c1ccc(-c2ccccc2)cc1.CC1(C)OB(B2OC(C)(C)C(C)(C)O2)OC1(C)C.CC1(C)OB(c2ccc3c(c2)c2ccccc2n3-c2ccc(-c3ccccc3)cc2)OC1(C)C.[2H]CF. The summed E-state index contributed by atoms with van der Waals surface area (Å²) < 4.78 is 57.8. The molecule has 10 aromatic rings. The van der Waals surface area contributed by atoms with E-state index in [1.54, 1.807) is 0 Å².